The number of hydrogen-bond acceptors (Lipinski definition) is 3. The Morgan fingerprint density at radius 2 is 1.71 bits per heavy atom. The molecule has 0 spiro atoms. The predicted octanol–water partition coefficient (Wildman–Crippen LogP) is 4.85. The SMILES string of the molecule is COc1ccc(CCC(C)Nc2ccc(SC)cc2)cc1. The minimum absolute atomic E-state index is 0.451. The van der Waals surface area contributed by atoms with E-state index in [0.717, 1.165) is 18.6 Å². The Kier molecular flexibility index (Phi) is 6.00. The average molecular weight is 301 g/mol. The molecule has 2 nitrogen and oxygen atoms in total. The molecule has 3 heteroatoms. The number of anilines is 1. The van der Waals surface area contributed by atoms with E-state index in [1.54, 1.807) is 18.9 Å². The molecular formula is C18H23NOS. The fraction of sp³-hybridized carbons (Fsp3) is 0.333. The van der Waals surface area contributed by atoms with E-state index in [1.165, 1.54) is 16.1 Å². The van der Waals surface area contributed by atoms with Crippen LogP contribution in [0.4, 0.5) is 5.69 Å². The Hall–Kier alpha value is -1.61. The predicted molar refractivity (Wildman–Crippen MR) is 92.6 cm³/mol. The summed E-state index contributed by atoms with van der Waals surface area (Å²) >= 11 is 1.77. The Bertz CT molecular complexity index is 536. The van der Waals surface area contributed by atoms with Crippen molar-refractivity contribution in [2.75, 3.05) is 18.7 Å². The van der Waals surface area contributed by atoms with Crippen LogP contribution in [-0.2, 0) is 6.42 Å². The lowest BCUT2D eigenvalue weighted by atomic mass is 10.1. The molecule has 0 saturated carbocycles. The van der Waals surface area contributed by atoms with E-state index in [-0.39, 0.29) is 0 Å². The summed E-state index contributed by atoms with van der Waals surface area (Å²) in [6.07, 6.45) is 4.28. The molecule has 0 fully saturated rings. The molecule has 2 rings (SSSR count). The highest BCUT2D eigenvalue weighted by Crippen LogP contribution is 2.19. The Labute approximate surface area is 131 Å². The lowest BCUT2D eigenvalue weighted by Crippen LogP contribution is -2.15. The summed E-state index contributed by atoms with van der Waals surface area (Å²) in [4.78, 5) is 1.30. The molecule has 1 atom stereocenters. The van der Waals surface area contributed by atoms with Gasteiger partial charge in [-0.15, -0.1) is 11.8 Å². The van der Waals surface area contributed by atoms with Crippen molar-refractivity contribution < 1.29 is 4.74 Å². The van der Waals surface area contributed by atoms with Crippen LogP contribution in [-0.4, -0.2) is 19.4 Å². The molecule has 2 aromatic carbocycles. The van der Waals surface area contributed by atoms with E-state index in [2.05, 4.69) is 54.9 Å². The number of hydrogen-bond donors (Lipinski definition) is 1. The van der Waals surface area contributed by atoms with Gasteiger partial charge in [0, 0.05) is 16.6 Å². The molecule has 0 amide bonds. The van der Waals surface area contributed by atoms with E-state index in [9.17, 15) is 0 Å². The molecule has 0 radical (unpaired) electrons. The monoisotopic (exact) mass is 301 g/mol. The van der Waals surface area contributed by atoms with Crippen LogP contribution in [0.5, 0.6) is 5.75 Å². The van der Waals surface area contributed by atoms with E-state index >= 15 is 0 Å². The zero-order chi connectivity index (χ0) is 15.1. The molecule has 112 valence electrons. The quantitative estimate of drug-likeness (QED) is 0.739. The van der Waals surface area contributed by atoms with Crippen LogP contribution in [0.25, 0.3) is 0 Å². The highest BCUT2D eigenvalue weighted by atomic mass is 32.2. The van der Waals surface area contributed by atoms with E-state index in [0.29, 0.717) is 6.04 Å². The number of aryl methyl sites for hydroxylation is 1. The van der Waals surface area contributed by atoms with Crippen LogP contribution in [0.2, 0.25) is 0 Å². The van der Waals surface area contributed by atoms with Gasteiger partial charge in [-0.05, 0) is 68.0 Å². The molecule has 1 N–H and O–H groups in total. The van der Waals surface area contributed by atoms with Crippen LogP contribution in [0.3, 0.4) is 0 Å². The summed E-state index contributed by atoms with van der Waals surface area (Å²) in [5, 5.41) is 3.55. The first-order chi connectivity index (χ1) is 10.2. The van der Waals surface area contributed by atoms with Crippen LogP contribution in [0.1, 0.15) is 18.9 Å². The minimum Gasteiger partial charge on any atom is -0.497 e. The molecule has 0 aromatic heterocycles. The van der Waals surface area contributed by atoms with Gasteiger partial charge >= 0.3 is 0 Å². The molecule has 0 aliphatic rings. The second kappa shape index (κ2) is 7.99. The third kappa shape index (κ3) is 5.01. The van der Waals surface area contributed by atoms with Crippen molar-refractivity contribution in [2.45, 2.75) is 30.7 Å². The van der Waals surface area contributed by atoms with Crippen LogP contribution >= 0.6 is 11.8 Å². The third-order valence-corrected chi connectivity index (χ3v) is 4.27. The van der Waals surface area contributed by atoms with Gasteiger partial charge in [0.05, 0.1) is 7.11 Å². The van der Waals surface area contributed by atoms with E-state index < -0.39 is 0 Å². The first kappa shape index (κ1) is 15.8. The smallest absolute Gasteiger partial charge is 0.118 e. The summed E-state index contributed by atoms with van der Waals surface area (Å²) in [6, 6.07) is 17.4. The van der Waals surface area contributed by atoms with Crippen molar-refractivity contribution in [2.24, 2.45) is 0 Å². The van der Waals surface area contributed by atoms with Gasteiger partial charge in [0.2, 0.25) is 0 Å². The maximum absolute atomic E-state index is 5.18. The van der Waals surface area contributed by atoms with Gasteiger partial charge in [-0.1, -0.05) is 12.1 Å². The lowest BCUT2D eigenvalue weighted by molar-refractivity contribution is 0.414. The van der Waals surface area contributed by atoms with Crippen molar-refractivity contribution in [1.82, 2.24) is 0 Å². The molecule has 1 unspecified atom stereocenters. The highest BCUT2D eigenvalue weighted by molar-refractivity contribution is 7.98. The number of methoxy groups -OCH3 is 1. The Balaban J connectivity index is 1.81. The summed E-state index contributed by atoms with van der Waals surface area (Å²) in [5.41, 5.74) is 2.54. The topological polar surface area (TPSA) is 21.3 Å². The van der Waals surface area contributed by atoms with Crippen molar-refractivity contribution in [3.63, 3.8) is 0 Å². The maximum Gasteiger partial charge on any atom is 0.118 e. The van der Waals surface area contributed by atoms with Gasteiger partial charge in [0.25, 0.3) is 0 Å². The minimum atomic E-state index is 0.451. The van der Waals surface area contributed by atoms with Crippen LogP contribution in [0, 0.1) is 0 Å². The fourth-order valence-corrected chi connectivity index (χ4v) is 2.63. The number of thioether (sulfide) groups is 1. The first-order valence-corrected chi connectivity index (χ1v) is 8.47. The largest absolute Gasteiger partial charge is 0.497 e. The van der Waals surface area contributed by atoms with Gasteiger partial charge in [-0.3, -0.25) is 0 Å². The number of nitrogens with one attached hydrogen (secondary N) is 1. The van der Waals surface area contributed by atoms with Crippen molar-refractivity contribution >= 4 is 17.4 Å². The zero-order valence-corrected chi connectivity index (χ0v) is 13.7. The van der Waals surface area contributed by atoms with Crippen molar-refractivity contribution in [3.05, 3.63) is 54.1 Å². The summed E-state index contributed by atoms with van der Waals surface area (Å²) in [5.74, 6) is 0.916. The second-order valence-electron chi connectivity index (χ2n) is 5.16. The first-order valence-electron chi connectivity index (χ1n) is 7.25. The molecule has 2 aromatic rings. The average Bonchev–Trinajstić information content (AvgIpc) is 2.54. The normalized spacial score (nSPS) is 12.0. The van der Waals surface area contributed by atoms with Crippen LogP contribution < -0.4 is 10.1 Å². The highest BCUT2D eigenvalue weighted by Gasteiger charge is 2.03. The van der Waals surface area contributed by atoms with E-state index in [1.807, 2.05) is 12.1 Å². The van der Waals surface area contributed by atoms with Gasteiger partial charge in [0.15, 0.2) is 0 Å². The zero-order valence-electron chi connectivity index (χ0n) is 12.9. The molecule has 0 saturated heterocycles. The van der Waals surface area contributed by atoms with Crippen molar-refractivity contribution in [1.29, 1.82) is 0 Å². The molecule has 0 aliphatic heterocycles. The van der Waals surface area contributed by atoms with Gasteiger partial charge < -0.3 is 10.1 Å². The molecule has 0 heterocycles. The fourth-order valence-electron chi connectivity index (χ4n) is 2.22. The number of ether oxygens (including phenoxy) is 1. The lowest BCUT2D eigenvalue weighted by Gasteiger charge is -2.15. The third-order valence-electron chi connectivity index (χ3n) is 3.53. The van der Waals surface area contributed by atoms with E-state index in [4.69, 9.17) is 4.74 Å². The maximum atomic E-state index is 5.18. The van der Waals surface area contributed by atoms with Gasteiger partial charge in [-0.25, -0.2) is 0 Å². The summed E-state index contributed by atoms with van der Waals surface area (Å²) in [7, 11) is 1.70. The second-order valence-corrected chi connectivity index (χ2v) is 6.04. The van der Waals surface area contributed by atoms with Crippen LogP contribution in [0.15, 0.2) is 53.4 Å². The molecule has 0 bridgehead atoms. The Morgan fingerprint density at radius 1 is 1.05 bits per heavy atom. The number of rotatable bonds is 7. The summed E-state index contributed by atoms with van der Waals surface area (Å²) in [6.45, 7) is 2.23. The molecular weight excluding hydrogens is 278 g/mol. The van der Waals surface area contributed by atoms with Gasteiger partial charge in [-0.2, -0.15) is 0 Å². The van der Waals surface area contributed by atoms with Crippen molar-refractivity contribution in [3.8, 4) is 5.75 Å². The molecule has 21 heavy (non-hydrogen) atoms. The number of benzene rings is 2. The Morgan fingerprint density at radius 3 is 2.29 bits per heavy atom. The standard InChI is InChI=1S/C18H23NOS/c1-14(19-16-8-12-18(21-3)13-9-16)4-5-15-6-10-17(20-2)11-7-15/h6-14,19H,4-5H2,1-3H3. The molecule has 0 aliphatic carbocycles. The summed E-state index contributed by atoms with van der Waals surface area (Å²) < 4.78 is 5.18. The van der Waals surface area contributed by atoms with Gasteiger partial charge in [0.1, 0.15) is 5.75 Å².